The van der Waals surface area contributed by atoms with Crippen LogP contribution in [0.4, 0.5) is 0 Å². The van der Waals surface area contributed by atoms with Crippen molar-refractivity contribution in [1.82, 2.24) is 4.90 Å². The zero-order valence-corrected chi connectivity index (χ0v) is 16.3. The highest BCUT2D eigenvalue weighted by Gasteiger charge is 2.36. The number of Topliss-reactive ketones (excluding diaryl/α,β-unsaturated/α-hetero) is 1. The van der Waals surface area contributed by atoms with Gasteiger partial charge in [0.1, 0.15) is 0 Å². The highest BCUT2D eigenvalue weighted by Crippen LogP contribution is 2.33. The lowest BCUT2D eigenvalue weighted by molar-refractivity contribution is -0.128. The molecular weight excluding hydrogens is 346 g/mol. The molecule has 0 radical (unpaired) electrons. The summed E-state index contributed by atoms with van der Waals surface area (Å²) in [6.07, 6.45) is 0.582. The molecule has 0 bridgehead atoms. The maximum Gasteiger partial charge on any atom is 0.231 e. The molecule has 3 rings (SSSR count). The largest absolute Gasteiger partial charge is 0.369 e. The van der Waals surface area contributed by atoms with E-state index >= 15 is 0 Å². The number of hydrogen-bond acceptors (Lipinski definition) is 5. The lowest BCUT2D eigenvalue weighted by Gasteiger charge is -2.33. The Bertz CT molecular complexity index is 916. The van der Waals surface area contributed by atoms with Gasteiger partial charge in [-0.05, 0) is 38.0 Å². The summed E-state index contributed by atoms with van der Waals surface area (Å²) in [5.74, 6) is 0.261. The van der Waals surface area contributed by atoms with Gasteiger partial charge >= 0.3 is 0 Å². The minimum Gasteiger partial charge on any atom is -0.369 e. The van der Waals surface area contributed by atoms with Gasteiger partial charge in [0, 0.05) is 28.8 Å². The van der Waals surface area contributed by atoms with E-state index < -0.39 is 5.54 Å². The van der Waals surface area contributed by atoms with Crippen molar-refractivity contribution >= 4 is 29.0 Å². The van der Waals surface area contributed by atoms with Crippen molar-refractivity contribution in [3.63, 3.8) is 0 Å². The molecule has 26 heavy (non-hydrogen) atoms. The van der Waals surface area contributed by atoms with Crippen molar-refractivity contribution in [2.75, 3.05) is 7.05 Å². The first-order chi connectivity index (χ1) is 12.2. The van der Waals surface area contributed by atoms with Crippen LogP contribution < -0.4 is 5.73 Å². The molecule has 5 nitrogen and oxygen atoms in total. The standard InChI is InChI=1S/C20H23N3O2S/c1-12-8-16(13(2)26-12)17(24)10-14-6-5-7-15(9-14)20(3)11-18(25)23(4)19(21)22-20/h5-9H,10-11H2,1-4H3,(H2,21,22). The maximum atomic E-state index is 12.7. The third kappa shape index (κ3) is 3.42. The fourth-order valence-corrected chi connectivity index (χ4v) is 4.22. The number of aliphatic imine (C=N–C) groups is 1. The number of ketones is 1. The number of nitrogens with zero attached hydrogens (tertiary/aromatic N) is 2. The molecule has 136 valence electrons. The lowest BCUT2D eigenvalue weighted by atomic mass is 9.86. The number of nitrogens with two attached hydrogens (primary N) is 1. The van der Waals surface area contributed by atoms with Crippen LogP contribution in [-0.4, -0.2) is 29.6 Å². The van der Waals surface area contributed by atoms with E-state index in [4.69, 9.17) is 5.73 Å². The molecule has 1 aliphatic rings. The van der Waals surface area contributed by atoms with Crippen molar-refractivity contribution in [2.45, 2.75) is 39.2 Å². The van der Waals surface area contributed by atoms with Gasteiger partial charge in [0.2, 0.25) is 5.91 Å². The van der Waals surface area contributed by atoms with Gasteiger partial charge in [0.05, 0.1) is 12.0 Å². The third-order valence-electron chi connectivity index (χ3n) is 4.83. The quantitative estimate of drug-likeness (QED) is 0.841. The molecule has 6 heteroatoms. The molecule has 1 aliphatic heterocycles. The molecule has 1 atom stereocenters. The van der Waals surface area contributed by atoms with E-state index in [0.29, 0.717) is 6.42 Å². The smallest absolute Gasteiger partial charge is 0.231 e. The second kappa shape index (κ2) is 6.68. The fraction of sp³-hybridized carbons (Fsp3) is 0.350. The number of benzene rings is 1. The highest BCUT2D eigenvalue weighted by atomic mass is 32.1. The molecular formula is C20H23N3O2S. The van der Waals surface area contributed by atoms with Gasteiger partial charge < -0.3 is 5.73 Å². The van der Waals surface area contributed by atoms with Crippen molar-refractivity contribution in [1.29, 1.82) is 0 Å². The Kier molecular flexibility index (Phi) is 4.71. The van der Waals surface area contributed by atoms with Gasteiger partial charge in [-0.15, -0.1) is 11.3 Å². The molecule has 0 saturated heterocycles. The van der Waals surface area contributed by atoms with Gasteiger partial charge in [0.25, 0.3) is 0 Å². The van der Waals surface area contributed by atoms with Crippen LogP contribution in [0.2, 0.25) is 0 Å². The van der Waals surface area contributed by atoms with E-state index in [1.165, 1.54) is 4.90 Å². The van der Waals surface area contributed by atoms with E-state index in [1.54, 1.807) is 18.4 Å². The van der Waals surface area contributed by atoms with Gasteiger partial charge in [-0.1, -0.05) is 24.3 Å². The average Bonchev–Trinajstić information content (AvgIpc) is 2.91. The lowest BCUT2D eigenvalue weighted by Crippen LogP contribution is -2.47. The number of amides is 1. The van der Waals surface area contributed by atoms with Crippen molar-refractivity contribution in [3.05, 3.63) is 56.8 Å². The van der Waals surface area contributed by atoms with Gasteiger partial charge in [-0.25, -0.2) is 4.99 Å². The minimum atomic E-state index is -0.707. The average molecular weight is 369 g/mol. The summed E-state index contributed by atoms with van der Waals surface area (Å²) >= 11 is 1.64. The zero-order valence-electron chi connectivity index (χ0n) is 15.5. The Morgan fingerprint density at radius 3 is 2.69 bits per heavy atom. The first-order valence-electron chi connectivity index (χ1n) is 8.51. The summed E-state index contributed by atoms with van der Waals surface area (Å²) in [5.41, 5.74) is 7.79. The van der Waals surface area contributed by atoms with Crippen molar-refractivity contribution in [2.24, 2.45) is 10.7 Å². The molecule has 2 heterocycles. The maximum absolute atomic E-state index is 12.7. The third-order valence-corrected chi connectivity index (χ3v) is 5.80. The number of rotatable bonds is 4. The predicted octanol–water partition coefficient (Wildman–Crippen LogP) is 3.18. The van der Waals surface area contributed by atoms with Crippen LogP contribution in [0.3, 0.4) is 0 Å². The van der Waals surface area contributed by atoms with Crippen LogP contribution in [0.25, 0.3) is 0 Å². The van der Waals surface area contributed by atoms with Crippen molar-refractivity contribution in [3.8, 4) is 0 Å². The molecule has 1 aromatic carbocycles. The van der Waals surface area contributed by atoms with E-state index in [0.717, 1.165) is 26.4 Å². The minimum absolute atomic E-state index is 0.0640. The Morgan fingerprint density at radius 2 is 2.08 bits per heavy atom. The summed E-state index contributed by atoms with van der Waals surface area (Å²) in [6, 6.07) is 9.69. The second-order valence-corrected chi connectivity index (χ2v) is 8.46. The van der Waals surface area contributed by atoms with Gasteiger partial charge in [-0.3, -0.25) is 14.5 Å². The molecule has 1 amide bonds. The number of thiophene rings is 1. The summed E-state index contributed by atoms with van der Waals surface area (Å²) in [5, 5.41) is 0. The summed E-state index contributed by atoms with van der Waals surface area (Å²) < 4.78 is 0. The number of carbonyl (C=O) groups excluding carboxylic acids is 2. The summed E-state index contributed by atoms with van der Waals surface area (Å²) in [6.45, 7) is 5.89. The van der Waals surface area contributed by atoms with Crippen LogP contribution >= 0.6 is 11.3 Å². The molecule has 0 spiro atoms. The normalized spacial score (nSPS) is 20.2. The number of carbonyl (C=O) groups is 2. The molecule has 0 aliphatic carbocycles. The van der Waals surface area contributed by atoms with E-state index in [-0.39, 0.29) is 24.1 Å². The molecule has 2 aromatic rings. The van der Waals surface area contributed by atoms with Crippen LogP contribution in [0.1, 0.15) is 44.6 Å². The second-order valence-electron chi connectivity index (χ2n) is 7.00. The number of aryl methyl sites for hydroxylation is 2. The van der Waals surface area contributed by atoms with Crippen LogP contribution in [0.5, 0.6) is 0 Å². The van der Waals surface area contributed by atoms with Crippen molar-refractivity contribution < 1.29 is 9.59 Å². The monoisotopic (exact) mass is 369 g/mol. The molecule has 2 N–H and O–H groups in total. The van der Waals surface area contributed by atoms with E-state index in [1.807, 2.05) is 51.1 Å². The topological polar surface area (TPSA) is 75.8 Å². The Labute approximate surface area is 157 Å². The van der Waals surface area contributed by atoms with Crippen LogP contribution in [0.15, 0.2) is 35.3 Å². The fourth-order valence-electron chi connectivity index (χ4n) is 3.28. The predicted molar refractivity (Wildman–Crippen MR) is 105 cm³/mol. The molecule has 0 fully saturated rings. The molecule has 1 aromatic heterocycles. The SMILES string of the molecule is Cc1cc(C(=O)Cc2cccc(C3(C)CC(=O)N(C)C(N)=N3)c2)c(C)s1. The summed E-state index contributed by atoms with van der Waals surface area (Å²) in [7, 11) is 1.63. The molecule has 0 saturated carbocycles. The van der Waals surface area contributed by atoms with Crippen LogP contribution in [-0.2, 0) is 16.8 Å². The van der Waals surface area contributed by atoms with Crippen LogP contribution in [0, 0.1) is 13.8 Å². The number of guanidine groups is 1. The summed E-state index contributed by atoms with van der Waals surface area (Å²) in [4.78, 5) is 32.9. The van der Waals surface area contributed by atoms with E-state index in [2.05, 4.69) is 4.99 Å². The Morgan fingerprint density at radius 1 is 1.35 bits per heavy atom. The first kappa shape index (κ1) is 18.3. The van der Waals surface area contributed by atoms with E-state index in [9.17, 15) is 9.59 Å². The Balaban J connectivity index is 1.88. The highest BCUT2D eigenvalue weighted by molar-refractivity contribution is 7.12. The van der Waals surface area contributed by atoms with Gasteiger partial charge in [0.15, 0.2) is 11.7 Å². The molecule has 1 unspecified atom stereocenters. The number of hydrogen-bond donors (Lipinski definition) is 1. The first-order valence-corrected chi connectivity index (χ1v) is 9.33. The Hall–Kier alpha value is -2.47. The van der Waals surface area contributed by atoms with Gasteiger partial charge in [-0.2, -0.15) is 0 Å². The zero-order chi connectivity index (χ0) is 19.1.